The van der Waals surface area contributed by atoms with Gasteiger partial charge in [-0.1, -0.05) is 26.2 Å². The van der Waals surface area contributed by atoms with E-state index in [-0.39, 0.29) is 6.10 Å². The fourth-order valence-corrected chi connectivity index (χ4v) is 3.22. The normalized spacial score (nSPS) is 18.3. The van der Waals surface area contributed by atoms with Crippen LogP contribution in [0.3, 0.4) is 0 Å². The minimum absolute atomic E-state index is 0.377. The van der Waals surface area contributed by atoms with Crippen molar-refractivity contribution >= 4 is 11.8 Å². The molecule has 1 fully saturated rings. The van der Waals surface area contributed by atoms with E-state index in [1.807, 2.05) is 11.8 Å². The summed E-state index contributed by atoms with van der Waals surface area (Å²) in [6, 6.07) is 0. The van der Waals surface area contributed by atoms with E-state index in [4.69, 9.17) is 4.74 Å². The highest BCUT2D eigenvalue weighted by molar-refractivity contribution is 7.99. The quantitative estimate of drug-likeness (QED) is 0.536. The maximum atomic E-state index is 9.78. The second-order valence-electron chi connectivity index (χ2n) is 5.45. The predicted molar refractivity (Wildman–Crippen MR) is 87.6 cm³/mol. The first-order chi connectivity index (χ1) is 9.83. The zero-order valence-corrected chi connectivity index (χ0v) is 13.8. The second kappa shape index (κ2) is 12.9. The van der Waals surface area contributed by atoms with E-state index in [1.165, 1.54) is 43.9 Å². The molecule has 0 saturated carbocycles. The summed E-state index contributed by atoms with van der Waals surface area (Å²) in [6.07, 6.45) is 4.50. The molecule has 120 valence electrons. The Morgan fingerprint density at radius 2 is 2.05 bits per heavy atom. The summed E-state index contributed by atoms with van der Waals surface area (Å²) in [6.45, 7) is 8.54. The number of ether oxygens (including phenoxy) is 1. The smallest absolute Gasteiger partial charge is 0.0897 e. The summed E-state index contributed by atoms with van der Waals surface area (Å²) < 4.78 is 5.49. The van der Waals surface area contributed by atoms with Crippen LogP contribution < -0.4 is 5.32 Å². The van der Waals surface area contributed by atoms with Crippen LogP contribution in [0.15, 0.2) is 0 Å². The van der Waals surface area contributed by atoms with Crippen molar-refractivity contribution in [1.82, 2.24) is 10.2 Å². The third-order valence-electron chi connectivity index (χ3n) is 3.54. The molecule has 0 aromatic rings. The number of aliphatic hydroxyl groups excluding tert-OH is 1. The van der Waals surface area contributed by atoms with Gasteiger partial charge in [0.15, 0.2) is 0 Å². The molecule has 0 amide bonds. The van der Waals surface area contributed by atoms with E-state index in [0.717, 1.165) is 26.1 Å². The molecule has 1 saturated heterocycles. The number of nitrogens with one attached hydrogen (secondary N) is 1. The van der Waals surface area contributed by atoms with E-state index < -0.39 is 0 Å². The predicted octanol–water partition coefficient (Wildman–Crippen LogP) is 1.58. The molecule has 1 unspecified atom stereocenters. The molecule has 20 heavy (non-hydrogen) atoms. The van der Waals surface area contributed by atoms with Crippen LogP contribution in [-0.4, -0.2) is 73.6 Å². The number of nitrogens with zero attached hydrogens (tertiary/aromatic N) is 1. The Labute approximate surface area is 128 Å². The van der Waals surface area contributed by atoms with Gasteiger partial charge in [0, 0.05) is 50.8 Å². The van der Waals surface area contributed by atoms with Crippen LogP contribution in [0.1, 0.15) is 32.6 Å². The van der Waals surface area contributed by atoms with Gasteiger partial charge in [0.1, 0.15) is 0 Å². The van der Waals surface area contributed by atoms with Crippen LogP contribution >= 0.6 is 11.8 Å². The third kappa shape index (κ3) is 10.00. The number of hydrogen-bond acceptors (Lipinski definition) is 5. The lowest BCUT2D eigenvalue weighted by Gasteiger charge is -2.26. The Hall–Kier alpha value is 0.190. The topological polar surface area (TPSA) is 44.7 Å². The number of unbranched alkanes of at least 4 members (excludes halogenated alkanes) is 3. The molecule has 0 aliphatic carbocycles. The van der Waals surface area contributed by atoms with Crippen LogP contribution in [0, 0.1) is 0 Å². The van der Waals surface area contributed by atoms with Gasteiger partial charge in [-0.05, 0) is 6.42 Å². The molecule has 0 radical (unpaired) electrons. The zero-order valence-electron chi connectivity index (χ0n) is 13.0. The van der Waals surface area contributed by atoms with Crippen molar-refractivity contribution in [3.05, 3.63) is 0 Å². The van der Waals surface area contributed by atoms with Gasteiger partial charge >= 0.3 is 0 Å². The molecule has 0 aromatic carbocycles. The Balaban J connectivity index is 1.83. The molecular formula is C15H32N2O2S. The SMILES string of the molecule is CCCCCCOCC(O)CNCCN1CCSCC1. The molecule has 0 aromatic heterocycles. The van der Waals surface area contributed by atoms with Gasteiger partial charge in [0.05, 0.1) is 12.7 Å². The fraction of sp³-hybridized carbons (Fsp3) is 1.00. The van der Waals surface area contributed by atoms with Gasteiger partial charge in [0.25, 0.3) is 0 Å². The van der Waals surface area contributed by atoms with Crippen molar-refractivity contribution in [2.75, 3.05) is 57.4 Å². The Morgan fingerprint density at radius 3 is 2.80 bits per heavy atom. The number of aliphatic hydroxyl groups is 1. The highest BCUT2D eigenvalue weighted by Crippen LogP contribution is 2.07. The van der Waals surface area contributed by atoms with Gasteiger partial charge < -0.3 is 20.1 Å². The van der Waals surface area contributed by atoms with E-state index in [1.54, 1.807) is 0 Å². The minimum Gasteiger partial charge on any atom is -0.389 e. The van der Waals surface area contributed by atoms with E-state index in [2.05, 4.69) is 17.1 Å². The molecular weight excluding hydrogens is 272 g/mol. The molecule has 1 heterocycles. The molecule has 0 spiro atoms. The van der Waals surface area contributed by atoms with Crippen LogP contribution in [0.25, 0.3) is 0 Å². The molecule has 1 aliphatic heterocycles. The summed E-state index contributed by atoms with van der Waals surface area (Å²) >= 11 is 2.04. The van der Waals surface area contributed by atoms with E-state index in [9.17, 15) is 5.11 Å². The minimum atomic E-state index is -0.377. The Kier molecular flexibility index (Phi) is 11.8. The van der Waals surface area contributed by atoms with Gasteiger partial charge in [-0.25, -0.2) is 0 Å². The second-order valence-corrected chi connectivity index (χ2v) is 6.67. The van der Waals surface area contributed by atoms with Crippen molar-refractivity contribution in [3.63, 3.8) is 0 Å². The maximum Gasteiger partial charge on any atom is 0.0897 e. The molecule has 1 atom stereocenters. The molecule has 1 aliphatic rings. The summed E-state index contributed by atoms with van der Waals surface area (Å²) in [5.74, 6) is 2.52. The first kappa shape index (κ1) is 18.2. The van der Waals surface area contributed by atoms with Crippen LogP contribution in [0.2, 0.25) is 0 Å². The summed E-state index contributed by atoms with van der Waals surface area (Å²) in [7, 11) is 0. The van der Waals surface area contributed by atoms with Gasteiger partial charge in [-0.2, -0.15) is 11.8 Å². The highest BCUT2D eigenvalue weighted by atomic mass is 32.2. The Morgan fingerprint density at radius 1 is 1.25 bits per heavy atom. The van der Waals surface area contributed by atoms with E-state index >= 15 is 0 Å². The van der Waals surface area contributed by atoms with Crippen molar-refractivity contribution in [3.8, 4) is 0 Å². The lowest BCUT2D eigenvalue weighted by Crippen LogP contribution is -2.40. The monoisotopic (exact) mass is 304 g/mol. The molecule has 0 bridgehead atoms. The average Bonchev–Trinajstić information content (AvgIpc) is 2.48. The first-order valence-electron chi connectivity index (χ1n) is 8.09. The average molecular weight is 305 g/mol. The van der Waals surface area contributed by atoms with Crippen LogP contribution in [0.5, 0.6) is 0 Å². The molecule has 4 nitrogen and oxygen atoms in total. The molecule has 1 rings (SSSR count). The number of hydrogen-bond donors (Lipinski definition) is 2. The zero-order chi connectivity index (χ0) is 14.5. The first-order valence-corrected chi connectivity index (χ1v) is 9.25. The van der Waals surface area contributed by atoms with E-state index in [0.29, 0.717) is 13.2 Å². The highest BCUT2D eigenvalue weighted by Gasteiger charge is 2.09. The van der Waals surface area contributed by atoms with Crippen LogP contribution in [-0.2, 0) is 4.74 Å². The lowest BCUT2D eigenvalue weighted by atomic mass is 10.2. The third-order valence-corrected chi connectivity index (χ3v) is 4.48. The van der Waals surface area contributed by atoms with Crippen molar-refractivity contribution in [2.24, 2.45) is 0 Å². The number of rotatable bonds is 12. The van der Waals surface area contributed by atoms with Gasteiger partial charge in [-0.15, -0.1) is 0 Å². The summed E-state index contributed by atoms with van der Waals surface area (Å²) in [5, 5.41) is 13.1. The fourth-order valence-electron chi connectivity index (χ4n) is 2.24. The van der Waals surface area contributed by atoms with Crippen molar-refractivity contribution in [1.29, 1.82) is 0 Å². The van der Waals surface area contributed by atoms with Gasteiger partial charge in [0.2, 0.25) is 0 Å². The van der Waals surface area contributed by atoms with Crippen molar-refractivity contribution in [2.45, 2.75) is 38.7 Å². The van der Waals surface area contributed by atoms with Gasteiger partial charge in [-0.3, -0.25) is 0 Å². The molecule has 5 heteroatoms. The molecule has 2 N–H and O–H groups in total. The number of thioether (sulfide) groups is 1. The summed E-state index contributed by atoms with van der Waals surface area (Å²) in [4.78, 5) is 2.49. The largest absolute Gasteiger partial charge is 0.389 e. The maximum absolute atomic E-state index is 9.78. The van der Waals surface area contributed by atoms with Crippen molar-refractivity contribution < 1.29 is 9.84 Å². The van der Waals surface area contributed by atoms with Crippen LogP contribution in [0.4, 0.5) is 0 Å². The summed E-state index contributed by atoms with van der Waals surface area (Å²) in [5.41, 5.74) is 0. The lowest BCUT2D eigenvalue weighted by molar-refractivity contribution is 0.0353. The standard InChI is InChI=1S/C15H32N2O2S/c1-2-3-4-5-10-19-14-15(18)13-16-6-7-17-8-11-20-12-9-17/h15-16,18H,2-14H2,1H3. The Bertz CT molecular complexity index is 214.